The number of halogens is 1. The molecule has 0 fully saturated rings. The number of nitrogens with zero attached hydrogens (tertiary/aromatic N) is 3. The van der Waals surface area contributed by atoms with E-state index < -0.39 is 5.38 Å². The molecular weight excluding hydrogens is 306 g/mol. The van der Waals surface area contributed by atoms with Crippen LogP contribution >= 0.6 is 11.6 Å². The second-order valence-corrected chi connectivity index (χ2v) is 5.28. The molecular formula is C15H18ClN3O3. The van der Waals surface area contributed by atoms with Gasteiger partial charge in [0.25, 0.3) is 0 Å². The van der Waals surface area contributed by atoms with Crippen LogP contribution in [0.4, 0.5) is 5.69 Å². The number of anilines is 1. The maximum atomic E-state index is 12.6. The molecule has 0 saturated carbocycles. The fourth-order valence-corrected chi connectivity index (χ4v) is 2.13. The first-order chi connectivity index (χ1) is 10.6. The predicted molar refractivity (Wildman–Crippen MR) is 83.2 cm³/mol. The molecule has 1 aromatic heterocycles. The molecule has 1 aromatic carbocycles. The Morgan fingerprint density at radius 3 is 2.73 bits per heavy atom. The van der Waals surface area contributed by atoms with Crippen LogP contribution in [0, 0.1) is 6.92 Å². The van der Waals surface area contributed by atoms with E-state index in [-0.39, 0.29) is 24.4 Å². The van der Waals surface area contributed by atoms with Crippen molar-refractivity contribution in [1.29, 1.82) is 0 Å². The van der Waals surface area contributed by atoms with Crippen molar-refractivity contribution >= 4 is 23.2 Å². The monoisotopic (exact) mass is 323 g/mol. The van der Waals surface area contributed by atoms with Crippen molar-refractivity contribution < 1.29 is 13.9 Å². The molecule has 0 aliphatic heterocycles. The smallest absolute Gasteiger partial charge is 0.414 e. The number of hydrogen-bond donors (Lipinski definition) is 0. The van der Waals surface area contributed by atoms with Crippen LogP contribution in [0.3, 0.4) is 0 Å². The zero-order chi connectivity index (χ0) is 16.1. The van der Waals surface area contributed by atoms with Gasteiger partial charge in [-0.3, -0.25) is 4.79 Å². The summed E-state index contributed by atoms with van der Waals surface area (Å²) in [5.74, 6) is 0.0871. The predicted octanol–water partition coefficient (Wildman–Crippen LogP) is 2.94. The zero-order valence-electron chi connectivity index (χ0n) is 12.7. The second kappa shape index (κ2) is 7.26. The highest BCUT2D eigenvalue weighted by atomic mass is 35.5. The summed E-state index contributed by atoms with van der Waals surface area (Å²) in [6, 6.07) is 7.57. The van der Waals surface area contributed by atoms with Gasteiger partial charge in [-0.1, -0.05) is 30.2 Å². The van der Waals surface area contributed by atoms with E-state index in [1.165, 1.54) is 7.11 Å². The quantitative estimate of drug-likeness (QED) is 0.764. The number of ether oxygens (including phenoxy) is 1. The van der Waals surface area contributed by atoms with Gasteiger partial charge in [0.15, 0.2) is 0 Å². The van der Waals surface area contributed by atoms with Gasteiger partial charge in [-0.25, -0.2) is 0 Å². The van der Waals surface area contributed by atoms with E-state index in [9.17, 15) is 4.79 Å². The Kier molecular flexibility index (Phi) is 5.38. The topological polar surface area (TPSA) is 68.5 Å². The molecule has 22 heavy (non-hydrogen) atoms. The number of aryl methyl sites for hydroxylation is 1. The maximum Gasteiger partial charge on any atom is 0.414 e. The number of alkyl halides is 1. The highest BCUT2D eigenvalue weighted by Crippen LogP contribution is 2.24. The summed E-state index contributed by atoms with van der Waals surface area (Å²) in [5.41, 5.74) is 1.73. The molecule has 6 nitrogen and oxygen atoms in total. The number of carbonyl (C=O) groups is 1. The Hall–Kier alpha value is -2.08. The van der Waals surface area contributed by atoms with Crippen LogP contribution in [0.5, 0.6) is 6.08 Å². The third-order valence-electron chi connectivity index (χ3n) is 3.21. The molecule has 0 aliphatic rings. The Morgan fingerprint density at radius 2 is 2.14 bits per heavy atom. The van der Waals surface area contributed by atoms with Gasteiger partial charge < -0.3 is 14.1 Å². The lowest BCUT2D eigenvalue weighted by atomic mass is 10.1. The van der Waals surface area contributed by atoms with Crippen LogP contribution in [0.2, 0.25) is 0 Å². The Morgan fingerprint density at radius 1 is 1.41 bits per heavy atom. The SMILES string of the molecule is CCC(Cl)C(=O)N(Cc1nnc(OC)o1)c1ccccc1C. The number of aromatic nitrogens is 2. The van der Waals surface area contributed by atoms with Gasteiger partial charge >= 0.3 is 6.08 Å². The molecule has 118 valence electrons. The third kappa shape index (κ3) is 3.57. The minimum atomic E-state index is -0.607. The first kappa shape index (κ1) is 16.3. The standard InChI is InChI=1S/C15H18ClN3O3/c1-4-11(16)14(20)19(12-8-6-5-7-10(12)2)9-13-17-18-15(21-3)22-13/h5-8,11H,4,9H2,1-3H3. The van der Waals surface area contributed by atoms with Gasteiger partial charge in [0, 0.05) is 5.69 Å². The summed E-state index contributed by atoms with van der Waals surface area (Å²) >= 11 is 6.13. The van der Waals surface area contributed by atoms with Gasteiger partial charge in [-0.2, -0.15) is 0 Å². The molecule has 0 N–H and O–H groups in total. The first-order valence-corrected chi connectivity index (χ1v) is 7.37. The van der Waals surface area contributed by atoms with Crippen molar-refractivity contribution in [3.63, 3.8) is 0 Å². The molecule has 2 rings (SSSR count). The molecule has 1 unspecified atom stereocenters. The van der Waals surface area contributed by atoms with E-state index in [2.05, 4.69) is 10.2 Å². The number of hydrogen-bond acceptors (Lipinski definition) is 5. The van der Waals surface area contributed by atoms with Crippen molar-refractivity contribution in [2.24, 2.45) is 0 Å². The van der Waals surface area contributed by atoms with Gasteiger partial charge in [0.2, 0.25) is 11.8 Å². The molecule has 0 bridgehead atoms. The van der Waals surface area contributed by atoms with Crippen molar-refractivity contribution in [1.82, 2.24) is 10.2 Å². The molecule has 0 radical (unpaired) electrons. The lowest BCUT2D eigenvalue weighted by Gasteiger charge is -2.24. The Bertz CT molecular complexity index is 644. The van der Waals surface area contributed by atoms with Crippen molar-refractivity contribution in [3.05, 3.63) is 35.7 Å². The van der Waals surface area contributed by atoms with E-state index in [4.69, 9.17) is 20.8 Å². The number of rotatable bonds is 6. The minimum Gasteiger partial charge on any atom is -0.452 e. The van der Waals surface area contributed by atoms with E-state index in [1.807, 2.05) is 38.1 Å². The number of carbonyl (C=O) groups excluding carboxylic acids is 1. The van der Waals surface area contributed by atoms with Crippen LogP contribution < -0.4 is 9.64 Å². The van der Waals surface area contributed by atoms with Crippen LogP contribution in [0.15, 0.2) is 28.7 Å². The highest BCUT2D eigenvalue weighted by molar-refractivity contribution is 6.32. The molecule has 1 atom stereocenters. The average molecular weight is 324 g/mol. The van der Waals surface area contributed by atoms with Crippen molar-refractivity contribution in [2.45, 2.75) is 32.2 Å². The van der Waals surface area contributed by atoms with Gasteiger partial charge in [0.05, 0.1) is 7.11 Å². The Balaban J connectivity index is 2.33. The lowest BCUT2D eigenvalue weighted by Crippen LogP contribution is -2.36. The summed E-state index contributed by atoms with van der Waals surface area (Å²) in [6.07, 6.45) is 0.598. The number of amides is 1. The lowest BCUT2D eigenvalue weighted by molar-refractivity contribution is -0.118. The fraction of sp³-hybridized carbons (Fsp3) is 0.400. The molecule has 0 aliphatic carbocycles. The summed E-state index contributed by atoms with van der Waals surface area (Å²) in [5, 5.41) is 6.98. The van der Waals surface area contributed by atoms with E-state index >= 15 is 0 Å². The number of para-hydroxylation sites is 1. The normalized spacial score (nSPS) is 12.0. The summed E-state index contributed by atoms with van der Waals surface area (Å²) in [4.78, 5) is 14.1. The van der Waals surface area contributed by atoms with Crippen LogP contribution in [0.1, 0.15) is 24.8 Å². The summed E-state index contributed by atoms with van der Waals surface area (Å²) in [6.45, 7) is 3.93. The first-order valence-electron chi connectivity index (χ1n) is 6.94. The largest absolute Gasteiger partial charge is 0.452 e. The molecule has 1 heterocycles. The van der Waals surface area contributed by atoms with Crippen molar-refractivity contribution in [3.8, 4) is 6.08 Å². The maximum absolute atomic E-state index is 12.6. The van der Waals surface area contributed by atoms with Crippen LogP contribution in [0.25, 0.3) is 0 Å². The third-order valence-corrected chi connectivity index (χ3v) is 3.71. The van der Waals surface area contributed by atoms with E-state index in [1.54, 1.807) is 4.90 Å². The van der Waals surface area contributed by atoms with Crippen LogP contribution in [-0.2, 0) is 11.3 Å². The highest BCUT2D eigenvalue weighted by Gasteiger charge is 2.25. The summed E-state index contributed by atoms with van der Waals surface area (Å²) in [7, 11) is 1.44. The van der Waals surface area contributed by atoms with Gasteiger partial charge in [0.1, 0.15) is 11.9 Å². The summed E-state index contributed by atoms with van der Waals surface area (Å²) < 4.78 is 10.2. The molecule has 2 aromatic rings. The van der Waals surface area contributed by atoms with Gasteiger partial charge in [-0.05, 0) is 25.0 Å². The number of benzene rings is 1. The second-order valence-electron chi connectivity index (χ2n) is 4.75. The van der Waals surface area contributed by atoms with E-state index in [0.29, 0.717) is 6.42 Å². The fourth-order valence-electron chi connectivity index (χ4n) is 2.01. The number of methoxy groups -OCH3 is 1. The molecule has 0 spiro atoms. The van der Waals surface area contributed by atoms with E-state index in [0.717, 1.165) is 11.3 Å². The molecule has 0 saturated heterocycles. The van der Waals surface area contributed by atoms with Gasteiger partial charge in [-0.15, -0.1) is 16.7 Å². The minimum absolute atomic E-state index is 0.0603. The zero-order valence-corrected chi connectivity index (χ0v) is 13.5. The van der Waals surface area contributed by atoms with Crippen molar-refractivity contribution in [2.75, 3.05) is 12.0 Å². The Labute approximate surface area is 134 Å². The van der Waals surface area contributed by atoms with Crippen LogP contribution in [-0.4, -0.2) is 28.6 Å². The molecule has 7 heteroatoms. The average Bonchev–Trinajstić information content (AvgIpc) is 2.99. The molecule has 1 amide bonds.